The van der Waals surface area contributed by atoms with Crippen LogP contribution in [0.1, 0.15) is 29.2 Å². The van der Waals surface area contributed by atoms with Crippen molar-refractivity contribution in [2.45, 2.75) is 33.6 Å². The van der Waals surface area contributed by atoms with Gasteiger partial charge in [-0.1, -0.05) is 12.1 Å². The van der Waals surface area contributed by atoms with E-state index >= 15 is 0 Å². The number of fused-ring (bicyclic) bond motifs is 1. The number of hydrogen-bond acceptors (Lipinski definition) is 6. The van der Waals surface area contributed by atoms with Gasteiger partial charge in [-0.15, -0.1) is 15.3 Å². The monoisotopic (exact) mass is 405 g/mol. The molecule has 0 aliphatic carbocycles. The van der Waals surface area contributed by atoms with Crippen molar-refractivity contribution in [3.63, 3.8) is 0 Å². The maximum Gasteiger partial charge on any atom is 0.224 e. The smallest absolute Gasteiger partial charge is 0.224 e. The third-order valence-corrected chi connectivity index (χ3v) is 5.05. The average Bonchev–Trinajstić information content (AvgIpc) is 3.25. The van der Waals surface area contributed by atoms with Crippen molar-refractivity contribution in [1.29, 1.82) is 0 Å². The van der Waals surface area contributed by atoms with Crippen molar-refractivity contribution < 1.29 is 9.53 Å². The fourth-order valence-corrected chi connectivity index (χ4v) is 3.46. The van der Waals surface area contributed by atoms with E-state index in [1.807, 2.05) is 57.2 Å². The lowest BCUT2D eigenvalue weighted by Gasteiger charge is -2.10. The summed E-state index contributed by atoms with van der Waals surface area (Å²) < 4.78 is 8.77. The van der Waals surface area contributed by atoms with E-state index in [-0.39, 0.29) is 5.91 Å². The number of ether oxygens (including phenoxy) is 1. The Labute approximate surface area is 173 Å². The molecule has 0 spiro atoms. The Bertz CT molecular complexity index is 1230. The van der Waals surface area contributed by atoms with Crippen LogP contribution in [0, 0.1) is 20.8 Å². The molecule has 0 radical (unpaired) electrons. The molecular weight excluding hydrogens is 382 g/mol. The van der Waals surface area contributed by atoms with Crippen molar-refractivity contribution >= 4 is 17.2 Å². The lowest BCUT2D eigenvalue weighted by atomic mass is 10.1. The molecule has 0 bridgehead atoms. The molecule has 0 aliphatic heterocycles. The highest BCUT2D eigenvalue weighted by atomic mass is 16.5. The van der Waals surface area contributed by atoms with Crippen molar-refractivity contribution in [1.82, 2.24) is 29.6 Å². The molecule has 0 unspecified atom stereocenters. The zero-order valence-electron chi connectivity index (χ0n) is 17.4. The van der Waals surface area contributed by atoms with Gasteiger partial charge in [-0.3, -0.25) is 4.79 Å². The summed E-state index contributed by atoms with van der Waals surface area (Å²) in [6.07, 6.45) is 0.912. The van der Waals surface area contributed by atoms with Gasteiger partial charge in [0.05, 0.1) is 18.5 Å². The van der Waals surface area contributed by atoms with E-state index in [2.05, 4.69) is 25.7 Å². The maximum absolute atomic E-state index is 12.5. The second-order valence-corrected chi connectivity index (χ2v) is 7.02. The summed E-state index contributed by atoms with van der Waals surface area (Å²) in [4.78, 5) is 12.5. The standard InChI is InChI=1S/C21H23N7O2/c1-13-16(9-12-21(29)22-17-7-5-6-8-18(17)30-4)14(2)27(25-13)20-11-10-19-24-23-15(3)28(19)26-20/h5-8,10-11H,9,12H2,1-4H3,(H,22,29). The van der Waals surface area contributed by atoms with Gasteiger partial charge in [0.1, 0.15) is 5.75 Å². The van der Waals surface area contributed by atoms with Gasteiger partial charge in [0.15, 0.2) is 17.3 Å². The Morgan fingerprint density at radius 3 is 2.67 bits per heavy atom. The Balaban J connectivity index is 1.52. The molecule has 0 saturated carbocycles. The first-order chi connectivity index (χ1) is 14.5. The van der Waals surface area contributed by atoms with E-state index in [1.54, 1.807) is 16.3 Å². The van der Waals surface area contributed by atoms with Crippen LogP contribution < -0.4 is 10.1 Å². The molecule has 0 saturated heterocycles. The fraction of sp³-hybridized carbons (Fsp3) is 0.286. The molecule has 3 aromatic heterocycles. The molecule has 4 aromatic rings. The highest BCUT2D eigenvalue weighted by molar-refractivity contribution is 5.92. The molecular formula is C21H23N7O2. The second-order valence-electron chi connectivity index (χ2n) is 7.02. The number of aryl methyl sites for hydroxylation is 2. The van der Waals surface area contributed by atoms with Gasteiger partial charge >= 0.3 is 0 Å². The van der Waals surface area contributed by atoms with Crippen LogP contribution in [-0.2, 0) is 11.2 Å². The quantitative estimate of drug-likeness (QED) is 0.530. The molecule has 1 amide bonds. The lowest BCUT2D eigenvalue weighted by Crippen LogP contribution is -2.13. The van der Waals surface area contributed by atoms with Crippen molar-refractivity contribution in [2.75, 3.05) is 12.4 Å². The molecule has 4 rings (SSSR count). The van der Waals surface area contributed by atoms with Crippen LogP contribution in [0.2, 0.25) is 0 Å². The maximum atomic E-state index is 12.5. The first-order valence-corrected chi connectivity index (χ1v) is 9.65. The van der Waals surface area contributed by atoms with Gasteiger partial charge in [-0.2, -0.15) is 9.61 Å². The van der Waals surface area contributed by atoms with Crippen LogP contribution in [0.25, 0.3) is 11.5 Å². The number of para-hydroxylation sites is 2. The number of rotatable bonds is 6. The molecule has 3 heterocycles. The number of aromatic nitrogens is 6. The summed E-state index contributed by atoms with van der Waals surface area (Å²) in [5.41, 5.74) is 4.21. The van der Waals surface area contributed by atoms with Gasteiger partial charge in [-0.25, -0.2) is 4.68 Å². The van der Waals surface area contributed by atoms with Crippen LogP contribution in [0.4, 0.5) is 5.69 Å². The highest BCUT2D eigenvalue weighted by Crippen LogP contribution is 2.24. The van der Waals surface area contributed by atoms with E-state index in [0.717, 1.165) is 17.0 Å². The van der Waals surface area contributed by atoms with Crippen LogP contribution >= 0.6 is 0 Å². The Morgan fingerprint density at radius 1 is 1.07 bits per heavy atom. The first-order valence-electron chi connectivity index (χ1n) is 9.65. The molecule has 1 N–H and O–H groups in total. The van der Waals surface area contributed by atoms with E-state index in [9.17, 15) is 4.79 Å². The van der Waals surface area contributed by atoms with Gasteiger partial charge in [0, 0.05) is 12.1 Å². The third-order valence-electron chi connectivity index (χ3n) is 5.05. The van der Waals surface area contributed by atoms with E-state index in [1.165, 1.54) is 0 Å². The number of anilines is 1. The minimum Gasteiger partial charge on any atom is -0.495 e. The summed E-state index contributed by atoms with van der Waals surface area (Å²) in [6.45, 7) is 5.78. The lowest BCUT2D eigenvalue weighted by molar-refractivity contribution is -0.116. The number of nitrogens with one attached hydrogen (secondary N) is 1. The summed E-state index contributed by atoms with van der Waals surface area (Å²) >= 11 is 0. The molecule has 9 heteroatoms. The molecule has 0 aliphatic rings. The molecule has 1 aromatic carbocycles. The number of methoxy groups -OCH3 is 1. The van der Waals surface area contributed by atoms with Crippen molar-refractivity contribution in [3.8, 4) is 11.6 Å². The van der Waals surface area contributed by atoms with Crippen LogP contribution in [0.3, 0.4) is 0 Å². The SMILES string of the molecule is COc1ccccc1NC(=O)CCc1c(C)nn(-c2ccc3nnc(C)n3n2)c1C. The number of carbonyl (C=O) groups excluding carboxylic acids is 1. The van der Waals surface area contributed by atoms with E-state index in [0.29, 0.717) is 41.6 Å². The summed E-state index contributed by atoms with van der Waals surface area (Å²) in [5, 5.41) is 20.2. The minimum absolute atomic E-state index is 0.0780. The van der Waals surface area contributed by atoms with Gasteiger partial charge in [0.2, 0.25) is 5.91 Å². The molecule has 9 nitrogen and oxygen atoms in total. The molecule has 30 heavy (non-hydrogen) atoms. The van der Waals surface area contributed by atoms with Gasteiger partial charge in [-0.05, 0) is 57.0 Å². The number of hydrogen-bond donors (Lipinski definition) is 1. The number of carbonyl (C=O) groups is 1. The zero-order chi connectivity index (χ0) is 21.3. The predicted molar refractivity (Wildman–Crippen MR) is 112 cm³/mol. The van der Waals surface area contributed by atoms with Crippen LogP contribution in [0.15, 0.2) is 36.4 Å². The average molecular weight is 405 g/mol. The highest BCUT2D eigenvalue weighted by Gasteiger charge is 2.16. The van der Waals surface area contributed by atoms with Gasteiger partial charge < -0.3 is 10.1 Å². The first kappa shape index (κ1) is 19.6. The molecule has 0 fully saturated rings. The topological polar surface area (TPSA) is 99.2 Å². The summed E-state index contributed by atoms with van der Waals surface area (Å²) in [5.74, 6) is 1.94. The normalized spacial score (nSPS) is 11.1. The van der Waals surface area contributed by atoms with E-state index < -0.39 is 0 Å². The third kappa shape index (κ3) is 3.61. The van der Waals surface area contributed by atoms with Crippen LogP contribution in [0.5, 0.6) is 5.75 Å². The summed E-state index contributed by atoms with van der Waals surface area (Å²) in [6, 6.07) is 11.1. The summed E-state index contributed by atoms with van der Waals surface area (Å²) in [7, 11) is 1.58. The number of benzene rings is 1. The Kier molecular flexibility index (Phi) is 5.18. The molecule has 154 valence electrons. The number of amides is 1. The Morgan fingerprint density at radius 2 is 1.87 bits per heavy atom. The van der Waals surface area contributed by atoms with Crippen molar-refractivity contribution in [3.05, 3.63) is 59.2 Å². The van der Waals surface area contributed by atoms with Gasteiger partial charge in [0.25, 0.3) is 0 Å². The number of nitrogens with zero attached hydrogens (tertiary/aromatic N) is 6. The minimum atomic E-state index is -0.0780. The predicted octanol–water partition coefficient (Wildman–Crippen LogP) is 2.82. The van der Waals surface area contributed by atoms with Crippen molar-refractivity contribution in [2.24, 2.45) is 0 Å². The van der Waals surface area contributed by atoms with E-state index in [4.69, 9.17) is 4.74 Å². The molecule has 0 atom stereocenters. The largest absolute Gasteiger partial charge is 0.495 e. The second kappa shape index (κ2) is 7.94. The van der Waals surface area contributed by atoms with Crippen LogP contribution in [-0.4, -0.2) is 42.6 Å². The Hall–Kier alpha value is -3.75. The zero-order valence-corrected chi connectivity index (χ0v) is 17.4. The fourth-order valence-electron chi connectivity index (χ4n) is 3.46.